The van der Waals surface area contributed by atoms with E-state index in [2.05, 4.69) is 34.6 Å². The third-order valence-corrected chi connectivity index (χ3v) is 12.0. The molecule has 0 aromatic rings. The molecule has 2 unspecified atom stereocenters. The van der Waals surface area contributed by atoms with Crippen LogP contribution in [0.3, 0.4) is 0 Å². The molecule has 0 saturated heterocycles. The summed E-state index contributed by atoms with van der Waals surface area (Å²) >= 11 is 0. The van der Waals surface area contributed by atoms with Crippen LogP contribution in [0.1, 0.15) is 118 Å². The Morgan fingerprint density at radius 3 is 2.33 bits per heavy atom. The Balaban J connectivity index is 1.43. The van der Waals surface area contributed by atoms with Crippen LogP contribution in [0.2, 0.25) is 0 Å². The van der Waals surface area contributed by atoms with Gasteiger partial charge in [-0.25, -0.2) is 0 Å². The Labute approximate surface area is 188 Å². The van der Waals surface area contributed by atoms with Gasteiger partial charge in [0.15, 0.2) is 0 Å². The first kappa shape index (κ1) is 23.1. The van der Waals surface area contributed by atoms with Crippen LogP contribution in [0.15, 0.2) is 0 Å². The number of hydrogen-bond donors (Lipinski definition) is 1. The summed E-state index contributed by atoms with van der Waals surface area (Å²) in [4.78, 5) is 0. The lowest BCUT2D eigenvalue weighted by Crippen LogP contribution is -2.53. The van der Waals surface area contributed by atoms with Crippen LogP contribution in [0.5, 0.6) is 0 Å². The average molecular weight is 417 g/mol. The largest absolute Gasteiger partial charge is 0.396 e. The van der Waals surface area contributed by atoms with Gasteiger partial charge in [0.05, 0.1) is 0 Å². The molecule has 0 aromatic heterocycles. The monoisotopic (exact) mass is 416 g/mol. The predicted octanol–water partition coefficient (Wildman–Crippen LogP) is 8.11. The van der Waals surface area contributed by atoms with Crippen molar-refractivity contribution >= 4 is 0 Å². The van der Waals surface area contributed by atoms with E-state index in [1.54, 1.807) is 12.8 Å². The number of hydrogen-bond acceptors (Lipinski definition) is 1. The summed E-state index contributed by atoms with van der Waals surface area (Å²) in [5.41, 5.74) is 1.30. The van der Waals surface area contributed by atoms with E-state index in [0.717, 1.165) is 35.5 Å². The summed E-state index contributed by atoms with van der Waals surface area (Å²) in [6.45, 7) is 13.0. The second-order valence-electron chi connectivity index (χ2n) is 13.0. The molecule has 1 N–H and O–H groups in total. The van der Waals surface area contributed by atoms with Gasteiger partial charge in [-0.15, -0.1) is 0 Å². The number of aliphatic hydroxyl groups is 1. The Bertz CT molecular complexity index is 571. The van der Waals surface area contributed by atoms with Crippen molar-refractivity contribution in [1.29, 1.82) is 0 Å². The molecular formula is C29H52O. The van der Waals surface area contributed by atoms with Crippen LogP contribution in [-0.2, 0) is 0 Å². The number of rotatable bonds is 7. The van der Waals surface area contributed by atoms with Gasteiger partial charge in [-0.05, 0) is 116 Å². The summed E-state index contributed by atoms with van der Waals surface area (Å²) in [7, 11) is 0. The maximum atomic E-state index is 9.62. The highest BCUT2D eigenvalue weighted by molar-refractivity contribution is 5.09. The smallest absolute Gasteiger partial charge is 0.0459 e. The van der Waals surface area contributed by atoms with Gasteiger partial charge in [0, 0.05) is 6.61 Å². The highest BCUT2D eigenvalue weighted by atomic mass is 16.3. The topological polar surface area (TPSA) is 20.2 Å². The van der Waals surface area contributed by atoms with E-state index in [9.17, 15) is 5.11 Å². The maximum Gasteiger partial charge on any atom is 0.0459 e. The van der Waals surface area contributed by atoms with E-state index in [0.29, 0.717) is 29.3 Å². The Morgan fingerprint density at radius 1 is 0.833 bits per heavy atom. The van der Waals surface area contributed by atoms with E-state index in [1.807, 2.05) is 0 Å². The first-order valence-corrected chi connectivity index (χ1v) is 14.0. The quantitative estimate of drug-likeness (QED) is 0.444. The Hall–Kier alpha value is -0.0400. The predicted molar refractivity (Wildman–Crippen MR) is 128 cm³/mol. The van der Waals surface area contributed by atoms with Gasteiger partial charge >= 0.3 is 0 Å². The highest BCUT2D eigenvalue weighted by Gasteiger charge is 2.60. The van der Waals surface area contributed by atoms with Crippen molar-refractivity contribution < 1.29 is 5.11 Å². The van der Waals surface area contributed by atoms with Crippen molar-refractivity contribution in [2.75, 3.05) is 6.61 Å². The molecule has 4 saturated carbocycles. The van der Waals surface area contributed by atoms with Crippen molar-refractivity contribution in [1.82, 2.24) is 0 Å². The fraction of sp³-hybridized carbons (Fsp3) is 1.00. The molecule has 4 rings (SSSR count). The lowest BCUT2D eigenvalue weighted by atomic mass is 9.44. The zero-order valence-corrected chi connectivity index (χ0v) is 21.0. The molecule has 30 heavy (non-hydrogen) atoms. The summed E-state index contributed by atoms with van der Waals surface area (Å²) in [6, 6.07) is 0. The summed E-state index contributed by atoms with van der Waals surface area (Å²) < 4.78 is 0. The van der Waals surface area contributed by atoms with Crippen molar-refractivity contribution in [3.05, 3.63) is 0 Å². The minimum absolute atomic E-state index is 0.360. The van der Waals surface area contributed by atoms with Crippen LogP contribution in [0.25, 0.3) is 0 Å². The van der Waals surface area contributed by atoms with Crippen molar-refractivity contribution in [2.45, 2.75) is 118 Å². The first-order valence-electron chi connectivity index (χ1n) is 14.0. The minimum Gasteiger partial charge on any atom is -0.396 e. The fourth-order valence-electron chi connectivity index (χ4n) is 9.99. The molecule has 0 aromatic carbocycles. The van der Waals surface area contributed by atoms with Crippen LogP contribution < -0.4 is 0 Å². The van der Waals surface area contributed by atoms with Crippen molar-refractivity contribution in [3.8, 4) is 0 Å². The summed E-state index contributed by atoms with van der Waals surface area (Å²) in [5, 5.41) is 9.62. The molecule has 1 nitrogen and oxygen atoms in total. The standard InChI is InChI=1S/C29H52O/c1-6-22(21(3)19-30)11-10-20(2)25-14-15-26-24-13-12-23-9-7-8-17-28(23,4)27(24)16-18-29(25,26)5/h20-27,30H,6-19H2,1-5H3/t20-,21?,22?,23-,24+,25-,26+,27+,28+,29-/m1/s1. The van der Waals surface area contributed by atoms with Gasteiger partial charge in [0.1, 0.15) is 0 Å². The van der Waals surface area contributed by atoms with Gasteiger partial charge < -0.3 is 5.11 Å². The lowest BCUT2D eigenvalue weighted by molar-refractivity contribution is -0.114. The third-order valence-electron chi connectivity index (χ3n) is 12.0. The summed E-state index contributed by atoms with van der Waals surface area (Å²) in [6.07, 6.45) is 19.2. The number of fused-ring (bicyclic) bond motifs is 5. The molecule has 10 atom stereocenters. The molecule has 4 aliphatic rings. The molecule has 4 fully saturated rings. The molecule has 0 radical (unpaired) electrons. The molecule has 0 amide bonds. The zero-order valence-electron chi connectivity index (χ0n) is 21.0. The van der Waals surface area contributed by atoms with E-state index in [1.165, 1.54) is 70.6 Å². The van der Waals surface area contributed by atoms with Crippen molar-refractivity contribution in [2.24, 2.45) is 58.2 Å². The summed E-state index contributed by atoms with van der Waals surface area (Å²) in [5.74, 6) is 7.13. The van der Waals surface area contributed by atoms with Gasteiger partial charge in [-0.2, -0.15) is 0 Å². The Kier molecular flexibility index (Phi) is 6.99. The SMILES string of the molecule is CCC(CC[C@@H](C)[C@H]1CC[C@H]2[C@@H]3CC[C@H]4CCCC[C@]4(C)[C@H]3CC[C@]12C)C(C)CO. The maximum absolute atomic E-state index is 9.62. The second kappa shape index (κ2) is 9.07. The van der Waals surface area contributed by atoms with Gasteiger partial charge in [0.2, 0.25) is 0 Å². The normalized spacial score (nSPS) is 46.4. The van der Waals surface area contributed by atoms with Gasteiger partial charge in [-0.3, -0.25) is 0 Å². The molecule has 0 bridgehead atoms. The zero-order chi connectivity index (χ0) is 21.5. The molecule has 0 spiro atoms. The van der Waals surface area contributed by atoms with Crippen LogP contribution in [-0.4, -0.2) is 11.7 Å². The first-order chi connectivity index (χ1) is 14.3. The van der Waals surface area contributed by atoms with E-state index < -0.39 is 0 Å². The Morgan fingerprint density at radius 2 is 1.60 bits per heavy atom. The van der Waals surface area contributed by atoms with E-state index in [4.69, 9.17) is 0 Å². The van der Waals surface area contributed by atoms with Gasteiger partial charge in [-0.1, -0.05) is 60.3 Å². The minimum atomic E-state index is 0.360. The van der Waals surface area contributed by atoms with Crippen LogP contribution in [0, 0.1) is 58.2 Å². The van der Waals surface area contributed by atoms with E-state index >= 15 is 0 Å². The number of aliphatic hydroxyl groups excluding tert-OH is 1. The molecule has 1 heteroatoms. The van der Waals surface area contributed by atoms with Crippen LogP contribution in [0.4, 0.5) is 0 Å². The molecule has 4 aliphatic carbocycles. The van der Waals surface area contributed by atoms with E-state index in [-0.39, 0.29) is 0 Å². The molecule has 0 aliphatic heterocycles. The molecule has 0 heterocycles. The lowest BCUT2D eigenvalue weighted by Gasteiger charge is -2.61. The third kappa shape index (κ3) is 3.82. The van der Waals surface area contributed by atoms with Crippen molar-refractivity contribution in [3.63, 3.8) is 0 Å². The van der Waals surface area contributed by atoms with Crippen LogP contribution >= 0.6 is 0 Å². The van der Waals surface area contributed by atoms with Gasteiger partial charge in [0.25, 0.3) is 0 Å². The fourth-order valence-corrected chi connectivity index (χ4v) is 9.99. The molecular weight excluding hydrogens is 364 g/mol. The molecule has 174 valence electrons. The average Bonchev–Trinajstić information content (AvgIpc) is 3.10. The second-order valence-corrected chi connectivity index (χ2v) is 13.0. The highest BCUT2D eigenvalue weighted by Crippen LogP contribution is 2.68.